The van der Waals surface area contributed by atoms with Crippen LogP contribution in [0.3, 0.4) is 0 Å². The van der Waals surface area contributed by atoms with Crippen LogP contribution >= 0.6 is 0 Å². The Morgan fingerprint density at radius 1 is 1.39 bits per heavy atom. The third-order valence-electron chi connectivity index (χ3n) is 2.76. The van der Waals surface area contributed by atoms with E-state index in [-0.39, 0.29) is 18.8 Å². The molecule has 0 amide bonds. The molecule has 2 rings (SSSR count). The van der Waals surface area contributed by atoms with Crippen LogP contribution < -0.4 is 0 Å². The van der Waals surface area contributed by atoms with E-state index in [0.29, 0.717) is 6.61 Å². The number of ketones is 1. The van der Waals surface area contributed by atoms with Crippen LogP contribution in [-0.2, 0) is 25.7 Å². The lowest BCUT2D eigenvalue weighted by molar-refractivity contribution is -0.168. The van der Waals surface area contributed by atoms with E-state index < -0.39 is 18.2 Å². The van der Waals surface area contributed by atoms with E-state index in [1.54, 1.807) is 0 Å². The first-order chi connectivity index (χ1) is 8.66. The predicted octanol–water partition coefficient (Wildman–Crippen LogP) is 1.01. The minimum absolute atomic E-state index is 0.00261. The summed E-state index contributed by atoms with van der Waals surface area (Å²) in [6.45, 7) is 0.320. The SMILES string of the molecule is O=C(O)C1CC(=O)C(OCc2ccccc2)CO1. The van der Waals surface area contributed by atoms with Gasteiger partial charge in [0, 0.05) is 6.42 Å². The van der Waals surface area contributed by atoms with Gasteiger partial charge in [-0.25, -0.2) is 4.79 Å². The van der Waals surface area contributed by atoms with Crippen molar-refractivity contribution in [1.82, 2.24) is 0 Å². The molecule has 1 aromatic rings. The largest absolute Gasteiger partial charge is 0.479 e. The van der Waals surface area contributed by atoms with Gasteiger partial charge < -0.3 is 14.6 Å². The summed E-state index contributed by atoms with van der Waals surface area (Å²) < 4.78 is 10.5. The van der Waals surface area contributed by atoms with Gasteiger partial charge >= 0.3 is 5.97 Å². The Hall–Kier alpha value is -1.72. The highest BCUT2D eigenvalue weighted by Gasteiger charge is 2.33. The molecule has 0 spiro atoms. The second kappa shape index (κ2) is 5.75. The smallest absolute Gasteiger partial charge is 0.333 e. The molecule has 1 fully saturated rings. The number of carboxylic acids is 1. The minimum Gasteiger partial charge on any atom is -0.479 e. The molecule has 5 heteroatoms. The van der Waals surface area contributed by atoms with Gasteiger partial charge in [0.15, 0.2) is 11.9 Å². The summed E-state index contributed by atoms with van der Waals surface area (Å²) in [6.07, 6.45) is -1.83. The predicted molar refractivity (Wildman–Crippen MR) is 62.0 cm³/mol. The summed E-state index contributed by atoms with van der Waals surface area (Å²) in [5, 5.41) is 8.73. The van der Waals surface area contributed by atoms with Crippen molar-refractivity contribution in [1.29, 1.82) is 0 Å². The fourth-order valence-electron chi connectivity index (χ4n) is 1.74. The van der Waals surface area contributed by atoms with E-state index >= 15 is 0 Å². The minimum atomic E-state index is -1.11. The number of rotatable bonds is 4. The lowest BCUT2D eigenvalue weighted by Crippen LogP contribution is -2.42. The summed E-state index contributed by atoms with van der Waals surface area (Å²) in [5.74, 6) is -1.32. The molecule has 2 unspecified atom stereocenters. The zero-order chi connectivity index (χ0) is 13.0. The monoisotopic (exact) mass is 250 g/mol. The molecule has 0 bridgehead atoms. The van der Waals surface area contributed by atoms with E-state index in [1.165, 1.54) is 0 Å². The first kappa shape index (κ1) is 12.7. The van der Waals surface area contributed by atoms with Gasteiger partial charge in [0.05, 0.1) is 13.2 Å². The highest BCUT2D eigenvalue weighted by atomic mass is 16.6. The van der Waals surface area contributed by atoms with Crippen LogP contribution in [0.2, 0.25) is 0 Å². The quantitative estimate of drug-likeness (QED) is 0.863. The Morgan fingerprint density at radius 2 is 2.11 bits per heavy atom. The summed E-state index contributed by atoms with van der Waals surface area (Å²) in [4.78, 5) is 22.3. The Bertz CT molecular complexity index is 428. The molecular formula is C13H14O5. The second-order valence-corrected chi connectivity index (χ2v) is 4.12. The molecule has 5 nitrogen and oxygen atoms in total. The first-order valence-corrected chi connectivity index (χ1v) is 5.69. The fourth-order valence-corrected chi connectivity index (χ4v) is 1.74. The number of ether oxygens (including phenoxy) is 2. The van der Waals surface area contributed by atoms with Crippen LogP contribution in [0.1, 0.15) is 12.0 Å². The second-order valence-electron chi connectivity index (χ2n) is 4.12. The number of Topliss-reactive ketones (excluding diaryl/α,β-unsaturated/α-hetero) is 1. The van der Waals surface area contributed by atoms with Crippen molar-refractivity contribution in [3.63, 3.8) is 0 Å². The van der Waals surface area contributed by atoms with Crippen molar-refractivity contribution < 1.29 is 24.2 Å². The standard InChI is InChI=1S/C13H14O5/c14-10-6-11(13(15)16)18-8-12(10)17-7-9-4-2-1-3-5-9/h1-5,11-12H,6-8H2,(H,15,16). The molecule has 96 valence electrons. The Kier molecular flexibility index (Phi) is 4.07. The first-order valence-electron chi connectivity index (χ1n) is 5.69. The molecule has 1 aromatic carbocycles. The van der Waals surface area contributed by atoms with Gasteiger partial charge in [-0.05, 0) is 5.56 Å². The molecule has 18 heavy (non-hydrogen) atoms. The molecular weight excluding hydrogens is 236 g/mol. The average Bonchev–Trinajstić information content (AvgIpc) is 2.38. The molecule has 1 aliphatic rings. The van der Waals surface area contributed by atoms with Gasteiger partial charge in [0.1, 0.15) is 6.10 Å². The summed E-state index contributed by atoms with van der Waals surface area (Å²) in [7, 11) is 0. The molecule has 2 atom stereocenters. The molecule has 1 N–H and O–H groups in total. The van der Waals surface area contributed by atoms with Crippen molar-refractivity contribution >= 4 is 11.8 Å². The van der Waals surface area contributed by atoms with Crippen molar-refractivity contribution in [3.05, 3.63) is 35.9 Å². The van der Waals surface area contributed by atoms with Crippen molar-refractivity contribution in [2.75, 3.05) is 6.61 Å². The molecule has 1 aliphatic heterocycles. The molecule has 1 heterocycles. The number of benzene rings is 1. The van der Waals surface area contributed by atoms with Gasteiger partial charge in [-0.15, -0.1) is 0 Å². The van der Waals surface area contributed by atoms with Crippen LogP contribution in [0.5, 0.6) is 0 Å². The summed E-state index contributed by atoms with van der Waals surface area (Å²) >= 11 is 0. The number of aliphatic carboxylic acids is 1. The molecule has 1 saturated heterocycles. The van der Waals surface area contributed by atoms with Crippen LogP contribution in [0.4, 0.5) is 0 Å². The maximum atomic E-state index is 11.7. The molecule has 0 aliphatic carbocycles. The van der Waals surface area contributed by atoms with E-state index in [2.05, 4.69) is 0 Å². The van der Waals surface area contributed by atoms with Gasteiger partial charge in [-0.2, -0.15) is 0 Å². The Balaban J connectivity index is 1.85. The van der Waals surface area contributed by atoms with Gasteiger partial charge in [0.2, 0.25) is 0 Å². The van der Waals surface area contributed by atoms with Crippen LogP contribution in [0.15, 0.2) is 30.3 Å². The fraction of sp³-hybridized carbons (Fsp3) is 0.385. The number of hydrogen-bond donors (Lipinski definition) is 1. The lowest BCUT2D eigenvalue weighted by atomic mass is 10.1. The van der Waals surface area contributed by atoms with Crippen molar-refractivity contribution in [2.24, 2.45) is 0 Å². The molecule has 0 saturated carbocycles. The van der Waals surface area contributed by atoms with E-state index in [9.17, 15) is 9.59 Å². The van der Waals surface area contributed by atoms with E-state index in [1.807, 2.05) is 30.3 Å². The number of carbonyl (C=O) groups is 2. The van der Waals surface area contributed by atoms with Gasteiger partial charge in [-0.3, -0.25) is 4.79 Å². The normalized spacial score (nSPS) is 23.9. The third-order valence-corrected chi connectivity index (χ3v) is 2.76. The maximum absolute atomic E-state index is 11.7. The summed E-state index contributed by atoms with van der Waals surface area (Å²) in [5.41, 5.74) is 0.964. The van der Waals surface area contributed by atoms with Gasteiger partial charge in [0.25, 0.3) is 0 Å². The number of carbonyl (C=O) groups excluding carboxylic acids is 1. The average molecular weight is 250 g/mol. The zero-order valence-electron chi connectivity index (χ0n) is 9.74. The van der Waals surface area contributed by atoms with Crippen molar-refractivity contribution in [3.8, 4) is 0 Å². The van der Waals surface area contributed by atoms with Crippen LogP contribution in [0, 0.1) is 0 Å². The maximum Gasteiger partial charge on any atom is 0.333 e. The third kappa shape index (κ3) is 3.15. The van der Waals surface area contributed by atoms with Gasteiger partial charge in [-0.1, -0.05) is 30.3 Å². The van der Waals surface area contributed by atoms with E-state index in [4.69, 9.17) is 14.6 Å². The molecule has 0 aromatic heterocycles. The topological polar surface area (TPSA) is 72.8 Å². The lowest BCUT2D eigenvalue weighted by Gasteiger charge is -2.25. The van der Waals surface area contributed by atoms with E-state index in [0.717, 1.165) is 5.56 Å². The molecule has 0 radical (unpaired) electrons. The number of carboxylic acid groups (broad SMARTS) is 1. The highest BCUT2D eigenvalue weighted by molar-refractivity contribution is 5.89. The number of hydrogen-bond acceptors (Lipinski definition) is 4. The van der Waals surface area contributed by atoms with Crippen molar-refractivity contribution in [2.45, 2.75) is 25.2 Å². The van der Waals surface area contributed by atoms with Crippen LogP contribution in [0.25, 0.3) is 0 Å². The highest BCUT2D eigenvalue weighted by Crippen LogP contribution is 2.15. The Labute approximate surface area is 104 Å². The summed E-state index contributed by atoms with van der Waals surface area (Å²) in [6, 6.07) is 9.47. The Morgan fingerprint density at radius 3 is 2.72 bits per heavy atom. The zero-order valence-corrected chi connectivity index (χ0v) is 9.74. The van der Waals surface area contributed by atoms with Crippen LogP contribution in [-0.4, -0.2) is 35.7 Å².